The average molecular weight is 321 g/mol. The van der Waals surface area contributed by atoms with Crippen LogP contribution in [0.25, 0.3) is 0 Å². The summed E-state index contributed by atoms with van der Waals surface area (Å²) in [5.74, 6) is -0.344. The molecule has 128 valence electrons. The van der Waals surface area contributed by atoms with Crippen molar-refractivity contribution in [2.75, 3.05) is 6.61 Å². The molecule has 0 fully saturated rings. The summed E-state index contributed by atoms with van der Waals surface area (Å²) in [4.78, 5) is 23.1. The topological polar surface area (TPSA) is 75.6 Å². The van der Waals surface area contributed by atoms with Crippen molar-refractivity contribution in [3.8, 4) is 5.75 Å². The molecule has 1 atom stereocenters. The molecule has 1 aromatic rings. The second-order valence-corrected chi connectivity index (χ2v) is 6.56. The maximum absolute atomic E-state index is 12.1. The molecular formula is C18H27NO4. The van der Waals surface area contributed by atoms with Gasteiger partial charge in [-0.1, -0.05) is 31.5 Å². The first kappa shape index (κ1) is 19.0. The molecule has 0 aliphatic heterocycles. The Morgan fingerprint density at radius 2 is 1.96 bits per heavy atom. The van der Waals surface area contributed by atoms with Crippen LogP contribution in [0.15, 0.2) is 18.2 Å². The van der Waals surface area contributed by atoms with Gasteiger partial charge in [0.15, 0.2) is 0 Å². The highest BCUT2D eigenvalue weighted by atomic mass is 16.5. The molecule has 0 heterocycles. The monoisotopic (exact) mass is 321 g/mol. The summed E-state index contributed by atoms with van der Waals surface area (Å²) in [6.07, 6.45) is 0.0869. The summed E-state index contributed by atoms with van der Waals surface area (Å²) in [6.45, 7) is 9.79. The third-order valence-corrected chi connectivity index (χ3v) is 4.13. The van der Waals surface area contributed by atoms with Crippen LogP contribution in [0.2, 0.25) is 0 Å². The van der Waals surface area contributed by atoms with Crippen molar-refractivity contribution >= 4 is 11.9 Å². The number of aliphatic carboxylic acids is 1. The Morgan fingerprint density at radius 1 is 1.30 bits per heavy atom. The van der Waals surface area contributed by atoms with E-state index in [4.69, 9.17) is 9.84 Å². The quantitative estimate of drug-likeness (QED) is 0.771. The predicted octanol–water partition coefficient (Wildman–Crippen LogP) is 3.08. The lowest BCUT2D eigenvalue weighted by atomic mass is 9.85. The summed E-state index contributed by atoms with van der Waals surface area (Å²) >= 11 is 0. The first-order chi connectivity index (χ1) is 10.6. The van der Waals surface area contributed by atoms with Crippen molar-refractivity contribution in [3.63, 3.8) is 0 Å². The molecule has 1 rings (SSSR count). The summed E-state index contributed by atoms with van der Waals surface area (Å²) in [5.41, 5.74) is 1.43. The standard InChI is InChI=1S/C18H27NO4/c1-12(2)18(5,11-17(21)22)19-16(20)8-9-23-15-7-6-13(3)10-14(15)4/h6-7,10,12H,8-9,11H2,1-5H3,(H,19,20)(H,21,22). The molecular weight excluding hydrogens is 294 g/mol. The molecule has 0 aliphatic carbocycles. The maximum atomic E-state index is 12.1. The van der Waals surface area contributed by atoms with Crippen LogP contribution in [0.3, 0.4) is 0 Å². The number of carbonyl (C=O) groups is 2. The normalized spacial score (nSPS) is 13.5. The highest BCUT2D eigenvalue weighted by molar-refractivity contribution is 5.78. The number of carboxylic acids is 1. The van der Waals surface area contributed by atoms with Crippen LogP contribution in [0.4, 0.5) is 0 Å². The molecule has 0 saturated heterocycles. The molecule has 1 unspecified atom stereocenters. The summed E-state index contributed by atoms with van der Waals surface area (Å²) in [6, 6.07) is 5.88. The lowest BCUT2D eigenvalue weighted by Crippen LogP contribution is -2.51. The molecule has 0 saturated carbocycles. The third kappa shape index (κ3) is 5.93. The molecule has 1 amide bonds. The number of carboxylic acid groups (broad SMARTS) is 1. The molecule has 1 aromatic carbocycles. The minimum absolute atomic E-state index is 0.0165. The van der Waals surface area contributed by atoms with Gasteiger partial charge in [0, 0.05) is 5.54 Å². The number of nitrogens with one attached hydrogen (secondary N) is 1. The lowest BCUT2D eigenvalue weighted by Gasteiger charge is -2.33. The summed E-state index contributed by atoms with van der Waals surface area (Å²) in [7, 11) is 0. The zero-order valence-electron chi connectivity index (χ0n) is 14.6. The molecule has 0 aromatic heterocycles. The van der Waals surface area contributed by atoms with E-state index in [1.54, 1.807) is 6.92 Å². The van der Waals surface area contributed by atoms with Crippen LogP contribution in [0, 0.1) is 19.8 Å². The SMILES string of the molecule is Cc1ccc(OCCC(=O)NC(C)(CC(=O)O)C(C)C)c(C)c1. The Balaban J connectivity index is 2.54. The van der Waals surface area contributed by atoms with Crippen LogP contribution in [0.1, 0.15) is 44.7 Å². The van der Waals surface area contributed by atoms with Gasteiger partial charge in [-0.3, -0.25) is 9.59 Å². The van der Waals surface area contributed by atoms with Gasteiger partial charge in [0.1, 0.15) is 5.75 Å². The predicted molar refractivity (Wildman–Crippen MR) is 89.7 cm³/mol. The second-order valence-electron chi connectivity index (χ2n) is 6.56. The number of amides is 1. The molecule has 0 aliphatic rings. The van der Waals surface area contributed by atoms with E-state index in [1.807, 2.05) is 45.9 Å². The molecule has 0 spiro atoms. The Kier molecular flexibility index (Phi) is 6.61. The van der Waals surface area contributed by atoms with Crippen LogP contribution in [-0.4, -0.2) is 29.1 Å². The van der Waals surface area contributed by atoms with Crippen molar-refractivity contribution in [3.05, 3.63) is 29.3 Å². The molecule has 23 heavy (non-hydrogen) atoms. The van der Waals surface area contributed by atoms with Gasteiger partial charge in [0.25, 0.3) is 0 Å². The molecule has 5 nitrogen and oxygen atoms in total. The van der Waals surface area contributed by atoms with Crippen LogP contribution in [0.5, 0.6) is 5.75 Å². The second kappa shape index (κ2) is 7.99. The van der Waals surface area contributed by atoms with Gasteiger partial charge in [0.2, 0.25) is 5.91 Å². The number of carbonyl (C=O) groups excluding carboxylic acids is 1. The zero-order valence-corrected chi connectivity index (χ0v) is 14.6. The van der Waals surface area contributed by atoms with E-state index in [2.05, 4.69) is 5.32 Å². The third-order valence-electron chi connectivity index (χ3n) is 4.13. The van der Waals surface area contributed by atoms with Crippen LogP contribution >= 0.6 is 0 Å². The lowest BCUT2D eigenvalue weighted by molar-refractivity contribution is -0.139. The van der Waals surface area contributed by atoms with Crippen molar-refractivity contribution in [1.29, 1.82) is 0 Å². The van der Waals surface area contributed by atoms with Gasteiger partial charge in [-0.05, 0) is 38.3 Å². The van der Waals surface area contributed by atoms with Crippen molar-refractivity contribution in [2.24, 2.45) is 5.92 Å². The van der Waals surface area contributed by atoms with E-state index in [-0.39, 0.29) is 31.3 Å². The van der Waals surface area contributed by atoms with Crippen molar-refractivity contribution < 1.29 is 19.4 Å². The number of aryl methyl sites for hydroxylation is 2. The Labute approximate surface area is 138 Å². The van der Waals surface area contributed by atoms with E-state index in [0.717, 1.165) is 16.9 Å². The molecule has 0 radical (unpaired) electrons. The van der Waals surface area contributed by atoms with Gasteiger partial charge in [-0.25, -0.2) is 0 Å². The first-order valence-corrected chi connectivity index (χ1v) is 7.87. The Morgan fingerprint density at radius 3 is 2.48 bits per heavy atom. The van der Waals surface area contributed by atoms with Gasteiger partial charge >= 0.3 is 5.97 Å². The van der Waals surface area contributed by atoms with Gasteiger partial charge in [0.05, 0.1) is 19.4 Å². The number of rotatable bonds is 8. The fourth-order valence-corrected chi connectivity index (χ4v) is 2.30. The van der Waals surface area contributed by atoms with Crippen LogP contribution in [-0.2, 0) is 9.59 Å². The maximum Gasteiger partial charge on any atom is 0.305 e. The first-order valence-electron chi connectivity index (χ1n) is 7.87. The van der Waals surface area contributed by atoms with E-state index >= 15 is 0 Å². The van der Waals surface area contributed by atoms with Gasteiger partial charge < -0.3 is 15.2 Å². The molecule has 0 bridgehead atoms. The molecule has 5 heteroatoms. The summed E-state index contributed by atoms with van der Waals surface area (Å²) in [5, 5.41) is 11.8. The van der Waals surface area contributed by atoms with Crippen molar-refractivity contribution in [2.45, 2.75) is 53.0 Å². The minimum Gasteiger partial charge on any atom is -0.493 e. The number of hydrogen-bond donors (Lipinski definition) is 2. The minimum atomic E-state index is -0.923. The van der Waals surface area contributed by atoms with E-state index in [1.165, 1.54) is 0 Å². The Bertz CT molecular complexity index is 568. The summed E-state index contributed by atoms with van der Waals surface area (Å²) < 4.78 is 5.64. The van der Waals surface area contributed by atoms with Gasteiger partial charge in [-0.2, -0.15) is 0 Å². The highest BCUT2D eigenvalue weighted by Crippen LogP contribution is 2.21. The Hall–Kier alpha value is -2.04. The average Bonchev–Trinajstić information content (AvgIpc) is 2.40. The zero-order chi connectivity index (χ0) is 17.6. The van der Waals surface area contributed by atoms with E-state index in [0.29, 0.717) is 0 Å². The van der Waals surface area contributed by atoms with Gasteiger partial charge in [-0.15, -0.1) is 0 Å². The molecule has 2 N–H and O–H groups in total. The number of hydrogen-bond acceptors (Lipinski definition) is 3. The van der Waals surface area contributed by atoms with E-state index in [9.17, 15) is 9.59 Å². The highest BCUT2D eigenvalue weighted by Gasteiger charge is 2.32. The van der Waals surface area contributed by atoms with E-state index < -0.39 is 11.5 Å². The smallest absolute Gasteiger partial charge is 0.305 e. The number of ether oxygens (including phenoxy) is 1. The van der Waals surface area contributed by atoms with Crippen molar-refractivity contribution in [1.82, 2.24) is 5.32 Å². The fraction of sp³-hybridized carbons (Fsp3) is 0.556. The number of benzene rings is 1. The van der Waals surface area contributed by atoms with Crippen LogP contribution < -0.4 is 10.1 Å². The fourth-order valence-electron chi connectivity index (χ4n) is 2.30. The largest absolute Gasteiger partial charge is 0.493 e.